The van der Waals surface area contributed by atoms with E-state index in [1.54, 1.807) is 12.1 Å². The van der Waals surface area contributed by atoms with Gasteiger partial charge in [-0.1, -0.05) is 37.3 Å². The number of nitrogens with one attached hydrogen (secondary N) is 1. The fourth-order valence-electron chi connectivity index (χ4n) is 1.42. The van der Waals surface area contributed by atoms with Crippen LogP contribution in [-0.2, 0) is 16.2 Å². The molecule has 0 aliphatic rings. The fraction of sp³-hybridized carbons (Fsp3) is 0.500. The highest BCUT2D eigenvalue weighted by molar-refractivity contribution is 5.81. The molecular formula is C14H22N2O2. The molecule has 1 aromatic carbocycles. The third kappa shape index (κ3) is 4.85. The lowest BCUT2D eigenvalue weighted by Gasteiger charge is -2.23. The number of rotatable bonds is 7. The van der Waals surface area contributed by atoms with Crippen LogP contribution >= 0.6 is 0 Å². The van der Waals surface area contributed by atoms with Gasteiger partial charge in [-0.15, -0.1) is 0 Å². The van der Waals surface area contributed by atoms with E-state index in [1.165, 1.54) is 0 Å². The largest absolute Gasteiger partial charge is 0.355 e. The Morgan fingerprint density at radius 1 is 1.39 bits per heavy atom. The monoisotopic (exact) mass is 250 g/mol. The summed E-state index contributed by atoms with van der Waals surface area (Å²) in [6, 6.07) is 9.60. The Balaban J connectivity index is 2.35. The molecule has 0 radical (unpaired) electrons. The van der Waals surface area contributed by atoms with E-state index in [0.29, 0.717) is 13.2 Å². The summed E-state index contributed by atoms with van der Waals surface area (Å²) in [5.74, 6) is -0.00703. The van der Waals surface area contributed by atoms with Crippen LogP contribution in [0, 0.1) is 0 Å². The molecule has 0 fully saturated rings. The number of nitrogens with zero attached hydrogens (tertiary/aromatic N) is 1. The first kappa shape index (κ1) is 14.7. The van der Waals surface area contributed by atoms with Crippen LogP contribution in [0.1, 0.15) is 25.8 Å². The van der Waals surface area contributed by atoms with Crippen LogP contribution in [0.3, 0.4) is 0 Å². The SMILES string of the molecule is CCCNC(=O)C(C)N(C)OCc1ccccc1. The van der Waals surface area contributed by atoms with Gasteiger partial charge in [-0.2, -0.15) is 5.06 Å². The summed E-state index contributed by atoms with van der Waals surface area (Å²) >= 11 is 0. The fourth-order valence-corrected chi connectivity index (χ4v) is 1.42. The second-order valence-corrected chi connectivity index (χ2v) is 4.27. The highest BCUT2D eigenvalue weighted by Gasteiger charge is 2.17. The summed E-state index contributed by atoms with van der Waals surface area (Å²) < 4.78 is 0. The Labute approximate surface area is 109 Å². The van der Waals surface area contributed by atoms with E-state index in [1.807, 2.05) is 44.2 Å². The molecule has 0 aliphatic carbocycles. The van der Waals surface area contributed by atoms with Gasteiger partial charge >= 0.3 is 0 Å². The molecule has 0 saturated carbocycles. The first-order valence-electron chi connectivity index (χ1n) is 6.32. The van der Waals surface area contributed by atoms with Gasteiger partial charge in [-0.3, -0.25) is 9.63 Å². The molecule has 0 aliphatic heterocycles. The number of amides is 1. The predicted octanol–water partition coefficient (Wildman–Crippen LogP) is 1.96. The van der Waals surface area contributed by atoms with Gasteiger partial charge in [-0.05, 0) is 18.9 Å². The van der Waals surface area contributed by atoms with Crippen molar-refractivity contribution in [2.45, 2.75) is 32.9 Å². The van der Waals surface area contributed by atoms with Gasteiger partial charge < -0.3 is 5.32 Å². The highest BCUT2D eigenvalue weighted by atomic mass is 16.7. The number of carbonyl (C=O) groups is 1. The Bertz CT molecular complexity index is 354. The summed E-state index contributed by atoms with van der Waals surface area (Å²) in [5.41, 5.74) is 1.09. The first-order valence-corrected chi connectivity index (χ1v) is 6.32. The second kappa shape index (κ2) is 7.84. The lowest BCUT2D eigenvalue weighted by atomic mass is 10.2. The van der Waals surface area contributed by atoms with Gasteiger partial charge in [0.15, 0.2) is 0 Å². The normalized spacial score (nSPS) is 12.4. The molecule has 1 unspecified atom stereocenters. The van der Waals surface area contributed by atoms with Crippen molar-refractivity contribution in [3.63, 3.8) is 0 Å². The molecule has 0 heterocycles. The van der Waals surface area contributed by atoms with Crippen molar-refractivity contribution in [1.29, 1.82) is 0 Å². The summed E-state index contributed by atoms with van der Waals surface area (Å²) in [4.78, 5) is 17.3. The Kier molecular flexibility index (Phi) is 6.39. The van der Waals surface area contributed by atoms with E-state index in [9.17, 15) is 4.79 Å². The van der Waals surface area contributed by atoms with Crippen molar-refractivity contribution in [3.05, 3.63) is 35.9 Å². The van der Waals surface area contributed by atoms with E-state index in [2.05, 4.69) is 5.32 Å². The number of likely N-dealkylation sites (N-methyl/N-ethyl adjacent to an activating group) is 1. The van der Waals surface area contributed by atoms with Crippen molar-refractivity contribution < 1.29 is 9.63 Å². The summed E-state index contributed by atoms with van der Waals surface area (Å²) in [6.45, 7) is 5.04. The van der Waals surface area contributed by atoms with Crippen molar-refractivity contribution in [2.75, 3.05) is 13.6 Å². The summed E-state index contributed by atoms with van der Waals surface area (Å²) in [7, 11) is 1.78. The molecule has 1 amide bonds. The lowest BCUT2D eigenvalue weighted by Crippen LogP contribution is -2.43. The van der Waals surface area contributed by atoms with E-state index < -0.39 is 0 Å². The molecule has 18 heavy (non-hydrogen) atoms. The Morgan fingerprint density at radius 3 is 2.67 bits per heavy atom. The predicted molar refractivity (Wildman–Crippen MR) is 71.8 cm³/mol. The molecule has 0 aromatic heterocycles. The lowest BCUT2D eigenvalue weighted by molar-refractivity contribution is -0.181. The van der Waals surface area contributed by atoms with Gasteiger partial charge in [0.1, 0.15) is 6.04 Å². The third-order valence-corrected chi connectivity index (χ3v) is 2.75. The quantitative estimate of drug-likeness (QED) is 0.752. The number of hydrogen-bond donors (Lipinski definition) is 1. The summed E-state index contributed by atoms with van der Waals surface area (Å²) in [5, 5.41) is 4.45. The third-order valence-electron chi connectivity index (χ3n) is 2.75. The van der Waals surface area contributed by atoms with Crippen LogP contribution in [0.15, 0.2) is 30.3 Å². The molecule has 4 heteroatoms. The van der Waals surface area contributed by atoms with Gasteiger partial charge in [0, 0.05) is 13.6 Å². The van der Waals surface area contributed by atoms with Crippen LogP contribution < -0.4 is 5.32 Å². The molecule has 0 saturated heterocycles. The van der Waals surface area contributed by atoms with Crippen molar-refractivity contribution >= 4 is 5.91 Å². The standard InChI is InChI=1S/C14H22N2O2/c1-4-10-15-14(17)12(2)16(3)18-11-13-8-6-5-7-9-13/h5-9,12H,4,10-11H2,1-3H3,(H,15,17). The highest BCUT2D eigenvalue weighted by Crippen LogP contribution is 2.04. The van der Waals surface area contributed by atoms with Crippen LogP contribution in [0.25, 0.3) is 0 Å². The summed E-state index contributed by atoms with van der Waals surface area (Å²) in [6.07, 6.45) is 0.938. The van der Waals surface area contributed by atoms with Crippen molar-refractivity contribution in [3.8, 4) is 0 Å². The van der Waals surface area contributed by atoms with Gasteiger partial charge in [0.2, 0.25) is 5.91 Å². The zero-order chi connectivity index (χ0) is 13.4. The van der Waals surface area contributed by atoms with Gasteiger partial charge in [0.25, 0.3) is 0 Å². The maximum absolute atomic E-state index is 11.7. The zero-order valence-electron chi connectivity index (χ0n) is 11.3. The van der Waals surface area contributed by atoms with E-state index >= 15 is 0 Å². The van der Waals surface area contributed by atoms with Crippen LogP contribution in [0.5, 0.6) is 0 Å². The molecule has 100 valence electrons. The van der Waals surface area contributed by atoms with Crippen LogP contribution in [0.2, 0.25) is 0 Å². The van der Waals surface area contributed by atoms with E-state index in [0.717, 1.165) is 12.0 Å². The minimum absolute atomic E-state index is 0.00703. The Morgan fingerprint density at radius 2 is 2.06 bits per heavy atom. The van der Waals surface area contributed by atoms with Crippen LogP contribution in [0.4, 0.5) is 0 Å². The van der Waals surface area contributed by atoms with Crippen molar-refractivity contribution in [2.24, 2.45) is 0 Å². The van der Waals surface area contributed by atoms with Gasteiger partial charge in [0.05, 0.1) is 6.61 Å². The minimum Gasteiger partial charge on any atom is -0.355 e. The zero-order valence-corrected chi connectivity index (χ0v) is 11.3. The molecule has 1 rings (SSSR count). The molecule has 0 spiro atoms. The van der Waals surface area contributed by atoms with Gasteiger partial charge in [-0.25, -0.2) is 0 Å². The van der Waals surface area contributed by atoms with E-state index in [-0.39, 0.29) is 11.9 Å². The molecule has 1 N–H and O–H groups in total. The number of hydroxylamine groups is 2. The topological polar surface area (TPSA) is 41.6 Å². The molecule has 0 bridgehead atoms. The minimum atomic E-state index is -0.291. The number of hydrogen-bond acceptors (Lipinski definition) is 3. The first-order chi connectivity index (χ1) is 8.65. The van der Waals surface area contributed by atoms with Crippen LogP contribution in [-0.4, -0.2) is 30.6 Å². The Hall–Kier alpha value is -1.39. The molecule has 1 aromatic rings. The molecule has 1 atom stereocenters. The maximum atomic E-state index is 11.7. The number of benzene rings is 1. The maximum Gasteiger partial charge on any atom is 0.239 e. The second-order valence-electron chi connectivity index (χ2n) is 4.27. The average molecular weight is 250 g/mol. The molecular weight excluding hydrogens is 228 g/mol. The van der Waals surface area contributed by atoms with E-state index in [4.69, 9.17) is 4.84 Å². The van der Waals surface area contributed by atoms with Crippen molar-refractivity contribution in [1.82, 2.24) is 10.4 Å². The smallest absolute Gasteiger partial charge is 0.239 e. The molecule has 4 nitrogen and oxygen atoms in total. The number of carbonyl (C=O) groups excluding carboxylic acids is 1. The average Bonchev–Trinajstić information content (AvgIpc) is 2.42.